The Bertz CT molecular complexity index is 96.6. The summed E-state index contributed by atoms with van der Waals surface area (Å²) in [5.74, 6) is 0.857. The lowest BCUT2D eigenvalue weighted by Gasteiger charge is -2.02. The third-order valence-electron chi connectivity index (χ3n) is 1.81. The molecule has 1 fully saturated rings. The van der Waals surface area contributed by atoms with Crippen LogP contribution in [-0.4, -0.2) is 4.43 Å². The lowest BCUT2D eigenvalue weighted by atomic mass is 10.1. The molecule has 0 aromatic carbocycles. The molecule has 1 aliphatic rings. The number of allylic oxidation sites excluding steroid dienone is 1. The van der Waals surface area contributed by atoms with Gasteiger partial charge in [-0.05, 0) is 25.2 Å². The van der Waals surface area contributed by atoms with E-state index in [1.54, 1.807) is 0 Å². The highest BCUT2D eigenvalue weighted by molar-refractivity contribution is 14.1. The van der Waals surface area contributed by atoms with Crippen LogP contribution in [0, 0.1) is 5.92 Å². The number of hydrogen-bond donors (Lipinski definition) is 0. The summed E-state index contributed by atoms with van der Waals surface area (Å²) in [5.41, 5.74) is 1.49. The molecule has 1 saturated carbocycles. The van der Waals surface area contributed by atoms with Crippen LogP contribution in [0.3, 0.4) is 0 Å². The minimum absolute atomic E-state index is 0.857. The van der Waals surface area contributed by atoms with Crippen molar-refractivity contribution in [3.8, 4) is 0 Å². The maximum absolute atomic E-state index is 4.00. The van der Waals surface area contributed by atoms with Crippen molar-refractivity contribution >= 4 is 22.6 Å². The third kappa shape index (κ3) is 1.24. The van der Waals surface area contributed by atoms with Crippen molar-refractivity contribution in [1.29, 1.82) is 0 Å². The van der Waals surface area contributed by atoms with E-state index in [0.29, 0.717) is 0 Å². The Hall–Kier alpha value is 0.470. The smallest absolute Gasteiger partial charge is 0.00609 e. The molecule has 1 rings (SSSR count). The predicted octanol–water partition coefficient (Wildman–Crippen LogP) is 2.78. The number of halogens is 1. The summed E-state index contributed by atoms with van der Waals surface area (Å²) in [4.78, 5) is 0. The SMILES string of the molecule is C=C1CCCC1CI. The molecule has 0 aromatic heterocycles. The first-order chi connectivity index (χ1) is 3.84. The molecule has 1 aliphatic carbocycles. The Morgan fingerprint density at radius 1 is 1.75 bits per heavy atom. The van der Waals surface area contributed by atoms with E-state index in [1.165, 1.54) is 29.3 Å². The van der Waals surface area contributed by atoms with Crippen LogP contribution in [0.1, 0.15) is 19.3 Å². The molecule has 0 bridgehead atoms. The van der Waals surface area contributed by atoms with Crippen molar-refractivity contribution in [3.63, 3.8) is 0 Å². The van der Waals surface area contributed by atoms with E-state index in [2.05, 4.69) is 29.2 Å². The third-order valence-corrected chi connectivity index (χ3v) is 2.88. The van der Waals surface area contributed by atoms with Crippen molar-refractivity contribution in [2.75, 3.05) is 4.43 Å². The lowest BCUT2D eigenvalue weighted by molar-refractivity contribution is 0.717. The normalized spacial score (nSPS) is 29.1. The van der Waals surface area contributed by atoms with Gasteiger partial charge < -0.3 is 0 Å². The van der Waals surface area contributed by atoms with Gasteiger partial charge in [0.15, 0.2) is 0 Å². The predicted molar refractivity (Wildman–Crippen MR) is 45.4 cm³/mol. The van der Waals surface area contributed by atoms with Crippen LogP contribution in [-0.2, 0) is 0 Å². The van der Waals surface area contributed by atoms with E-state index in [4.69, 9.17) is 0 Å². The largest absolute Gasteiger partial charge is 0.0996 e. The van der Waals surface area contributed by atoms with Gasteiger partial charge in [0.25, 0.3) is 0 Å². The molecule has 8 heavy (non-hydrogen) atoms. The topological polar surface area (TPSA) is 0 Å². The highest BCUT2D eigenvalue weighted by Gasteiger charge is 2.16. The molecule has 1 unspecified atom stereocenters. The van der Waals surface area contributed by atoms with Crippen molar-refractivity contribution in [2.45, 2.75) is 19.3 Å². The molecule has 1 atom stereocenters. The molecule has 46 valence electrons. The van der Waals surface area contributed by atoms with Gasteiger partial charge in [-0.3, -0.25) is 0 Å². The van der Waals surface area contributed by atoms with Gasteiger partial charge in [0.05, 0.1) is 0 Å². The fourth-order valence-corrected chi connectivity index (χ4v) is 2.23. The average molecular weight is 222 g/mol. The first-order valence-corrected chi connectivity index (χ1v) is 4.61. The molecule has 0 aromatic rings. The summed E-state index contributed by atoms with van der Waals surface area (Å²) in [7, 11) is 0. The Morgan fingerprint density at radius 2 is 2.50 bits per heavy atom. The van der Waals surface area contributed by atoms with Crippen molar-refractivity contribution in [2.24, 2.45) is 5.92 Å². The van der Waals surface area contributed by atoms with Crippen molar-refractivity contribution in [3.05, 3.63) is 12.2 Å². The van der Waals surface area contributed by atoms with Crippen LogP contribution in [0.25, 0.3) is 0 Å². The lowest BCUT2D eigenvalue weighted by Crippen LogP contribution is -1.94. The highest BCUT2D eigenvalue weighted by atomic mass is 127. The second-order valence-electron chi connectivity index (χ2n) is 2.40. The van der Waals surface area contributed by atoms with Crippen LogP contribution in [0.4, 0.5) is 0 Å². The van der Waals surface area contributed by atoms with Gasteiger partial charge >= 0.3 is 0 Å². The summed E-state index contributed by atoms with van der Waals surface area (Å²) < 4.78 is 1.27. The fourth-order valence-electron chi connectivity index (χ4n) is 1.17. The Morgan fingerprint density at radius 3 is 2.75 bits per heavy atom. The minimum atomic E-state index is 0.857. The molecule has 0 saturated heterocycles. The van der Waals surface area contributed by atoms with Crippen molar-refractivity contribution < 1.29 is 0 Å². The van der Waals surface area contributed by atoms with E-state index < -0.39 is 0 Å². The van der Waals surface area contributed by atoms with Crippen molar-refractivity contribution in [1.82, 2.24) is 0 Å². The van der Waals surface area contributed by atoms with Gasteiger partial charge in [0, 0.05) is 4.43 Å². The molecule has 1 heteroatoms. The second-order valence-corrected chi connectivity index (χ2v) is 3.28. The molecule has 0 N–H and O–H groups in total. The maximum Gasteiger partial charge on any atom is 0.00609 e. The van der Waals surface area contributed by atoms with Crippen LogP contribution >= 0.6 is 22.6 Å². The molecule has 0 amide bonds. The monoisotopic (exact) mass is 222 g/mol. The van der Waals surface area contributed by atoms with Crippen LogP contribution < -0.4 is 0 Å². The molecule has 0 spiro atoms. The van der Waals surface area contributed by atoms with Crippen LogP contribution in [0.15, 0.2) is 12.2 Å². The number of rotatable bonds is 1. The van der Waals surface area contributed by atoms with E-state index >= 15 is 0 Å². The Labute approximate surface area is 64.5 Å². The molecule has 0 nitrogen and oxygen atoms in total. The number of alkyl halides is 1. The number of hydrogen-bond acceptors (Lipinski definition) is 0. The van der Waals surface area contributed by atoms with Crippen LogP contribution in [0.2, 0.25) is 0 Å². The fraction of sp³-hybridized carbons (Fsp3) is 0.714. The van der Waals surface area contributed by atoms with Gasteiger partial charge in [-0.15, -0.1) is 0 Å². The van der Waals surface area contributed by atoms with E-state index in [9.17, 15) is 0 Å². The minimum Gasteiger partial charge on any atom is -0.0996 e. The molecular weight excluding hydrogens is 211 g/mol. The van der Waals surface area contributed by atoms with E-state index in [0.717, 1.165) is 5.92 Å². The standard InChI is InChI=1S/C7H11I/c1-6-3-2-4-7(6)5-8/h7H,1-5H2. The zero-order valence-corrected chi connectivity index (χ0v) is 7.15. The Kier molecular flexibility index (Phi) is 2.35. The van der Waals surface area contributed by atoms with Gasteiger partial charge in [0.1, 0.15) is 0 Å². The second kappa shape index (κ2) is 2.85. The molecule has 0 radical (unpaired) electrons. The van der Waals surface area contributed by atoms with E-state index in [-0.39, 0.29) is 0 Å². The molecule has 0 aliphatic heterocycles. The highest BCUT2D eigenvalue weighted by Crippen LogP contribution is 2.30. The first kappa shape index (κ1) is 6.59. The maximum atomic E-state index is 4.00. The van der Waals surface area contributed by atoms with Gasteiger partial charge in [0.2, 0.25) is 0 Å². The zero-order chi connectivity index (χ0) is 5.98. The summed E-state index contributed by atoms with van der Waals surface area (Å²) >= 11 is 2.44. The quantitative estimate of drug-likeness (QED) is 0.363. The van der Waals surface area contributed by atoms with Gasteiger partial charge in [-0.2, -0.15) is 0 Å². The average Bonchev–Trinajstić information content (AvgIpc) is 2.14. The molecule has 0 heterocycles. The summed E-state index contributed by atoms with van der Waals surface area (Å²) in [6, 6.07) is 0. The van der Waals surface area contributed by atoms with Crippen LogP contribution in [0.5, 0.6) is 0 Å². The Balaban J connectivity index is 2.42. The zero-order valence-electron chi connectivity index (χ0n) is 4.99. The summed E-state index contributed by atoms with van der Waals surface area (Å²) in [5, 5.41) is 0. The van der Waals surface area contributed by atoms with E-state index in [1.807, 2.05) is 0 Å². The summed E-state index contributed by atoms with van der Waals surface area (Å²) in [6.07, 6.45) is 4.06. The first-order valence-electron chi connectivity index (χ1n) is 3.08. The molecular formula is C7H11I. The van der Waals surface area contributed by atoms with Gasteiger partial charge in [-0.1, -0.05) is 34.7 Å². The van der Waals surface area contributed by atoms with Gasteiger partial charge in [-0.25, -0.2) is 0 Å². The summed E-state index contributed by atoms with van der Waals surface area (Å²) in [6.45, 7) is 4.00.